The Morgan fingerprint density at radius 2 is 1.95 bits per heavy atom. The Hall–Kier alpha value is -1.68. The SMILES string of the molecule is C=C/C=C(\C=C)CN1CC(C(=O)O)[C@H](/C(C)=C(/C)F)C1. The van der Waals surface area contributed by atoms with Crippen LogP contribution in [0.2, 0.25) is 0 Å². The molecule has 1 aliphatic heterocycles. The third-order valence-electron chi connectivity index (χ3n) is 3.81. The Morgan fingerprint density at radius 3 is 2.40 bits per heavy atom. The molecule has 0 bridgehead atoms. The number of carboxylic acid groups (broad SMARTS) is 1. The van der Waals surface area contributed by atoms with E-state index in [1.165, 1.54) is 6.92 Å². The highest BCUT2D eigenvalue weighted by Crippen LogP contribution is 2.32. The fourth-order valence-corrected chi connectivity index (χ4v) is 2.55. The van der Waals surface area contributed by atoms with Crippen LogP contribution in [-0.4, -0.2) is 35.6 Å². The molecule has 0 aliphatic carbocycles. The van der Waals surface area contributed by atoms with Gasteiger partial charge >= 0.3 is 5.97 Å². The molecule has 1 heterocycles. The number of carbonyl (C=O) groups is 1. The number of nitrogens with zero attached hydrogens (tertiary/aromatic N) is 1. The largest absolute Gasteiger partial charge is 0.481 e. The predicted octanol–water partition coefficient (Wildman–Crippen LogP) is 3.18. The Morgan fingerprint density at radius 1 is 1.35 bits per heavy atom. The highest BCUT2D eigenvalue weighted by atomic mass is 19.1. The normalized spacial score (nSPS) is 25.2. The quantitative estimate of drug-likeness (QED) is 0.759. The van der Waals surface area contributed by atoms with E-state index in [1.807, 2.05) is 11.0 Å². The summed E-state index contributed by atoms with van der Waals surface area (Å²) in [6.07, 6.45) is 5.25. The van der Waals surface area contributed by atoms with Crippen molar-refractivity contribution in [1.82, 2.24) is 4.90 Å². The molecule has 1 fully saturated rings. The molecule has 0 aromatic carbocycles. The van der Waals surface area contributed by atoms with Crippen molar-refractivity contribution in [2.75, 3.05) is 19.6 Å². The molecule has 2 atom stereocenters. The Bertz CT molecular complexity index is 461. The first-order valence-corrected chi connectivity index (χ1v) is 6.62. The van der Waals surface area contributed by atoms with E-state index in [1.54, 1.807) is 19.1 Å². The van der Waals surface area contributed by atoms with Crippen molar-refractivity contribution < 1.29 is 14.3 Å². The maximum atomic E-state index is 13.4. The predicted molar refractivity (Wildman–Crippen MR) is 79.0 cm³/mol. The molecule has 0 saturated carbocycles. The molecule has 1 unspecified atom stereocenters. The molecule has 4 heteroatoms. The van der Waals surface area contributed by atoms with Crippen LogP contribution in [0.5, 0.6) is 0 Å². The number of allylic oxidation sites excluding steroid dienone is 3. The summed E-state index contributed by atoms with van der Waals surface area (Å²) in [4.78, 5) is 13.4. The molecule has 1 N–H and O–H groups in total. The van der Waals surface area contributed by atoms with Crippen LogP contribution >= 0.6 is 0 Å². The van der Waals surface area contributed by atoms with Crippen LogP contribution in [0.3, 0.4) is 0 Å². The summed E-state index contributed by atoms with van der Waals surface area (Å²) in [5.41, 5.74) is 1.51. The average Bonchev–Trinajstić information content (AvgIpc) is 2.81. The molecular formula is C16H22FNO2. The van der Waals surface area contributed by atoms with Gasteiger partial charge < -0.3 is 5.11 Å². The van der Waals surface area contributed by atoms with E-state index in [2.05, 4.69) is 13.2 Å². The van der Waals surface area contributed by atoms with Gasteiger partial charge in [0.15, 0.2) is 0 Å². The molecule has 1 aliphatic rings. The van der Waals surface area contributed by atoms with E-state index in [0.717, 1.165) is 5.57 Å². The number of hydrogen-bond acceptors (Lipinski definition) is 2. The van der Waals surface area contributed by atoms with Crippen LogP contribution in [0.4, 0.5) is 4.39 Å². The third kappa shape index (κ3) is 3.90. The maximum Gasteiger partial charge on any atom is 0.308 e. The van der Waals surface area contributed by atoms with E-state index < -0.39 is 11.9 Å². The van der Waals surface area contributed by atoms with Gasteiger partial charge in [-0.15, -0.1) is 0 Å². The molecule has 0 amide bonds. The highest BCUT2D eigenvalue weighted by molar-refractivity contribution is 5.71. The summed E-state index contributed by atoms with van der Waals surface area (Å²) < 4.78 is 13.4. The van der Waals surface area contributed by atoms with Gasteiger partial charge in [0, 0.05) is 25.6 Å². The van der Waals surface area contributed by atoms with E-state index in [4.69, 9.17) is 0 Å². The third-order valence-corrected chi connectivity index (χ3v) is 3.81. The van der Waals surface area contributed by atoms with Crippen LogP contribution in [0.25, 0.3) is 0 Å². The van der Waals surface area contributed by atoms with Crippen molar-refractivity contribution >= 4 is 5.97 Å². The lowest BCUT2D eigenvalue weighted by Gasteiger charge is -2.17. The van der Waals surface area contributed by atoms with Gasteiger partial charge in [-0.2, -0.15) is 0 Å². The van der Waals surface area contributed by atoms with E-state index in [-0.39, 0.29) is 11.7 Å². The molecule has 0 radical (unpaired) electrons. The molecule has 0 aromatic heterocycles. The minimum Gasteiger partial charge on any atom is -0.481 e. The number of carboxylic acids is 1. The number of halogens is 1. The fraction of sp³-hybridized carbons (Fsp3) is 0.438. The summed E-state index contributed by atoms with van der Waals surface area (Å²) in [5, 5.41) is 9.30. The van der Waals surface area contributed by atoms with Crippen LogP contribution in [-0.2, 0) is 4.79 Å². The van der Waals surface area contributed by atoms with Gasteiger partial charge in [0.2, 0.25) is 0 Å². The Labute approximate surface area is 119 Å². The molecule has 1 rings (SSSR count). The lowest BCUT2D eigenvalue weighted by molar-refractivity contribution is -0.142. The van der Waals surface area contributed by atoms with Crippen molar-refractivity contribution in [3.05, 3.63) is 48.4 Å². The summed E-state index contributed by atoms with van der Waals surface area (Å²) >= 11 is 0. The van der Waals surface area contributed by atoms with Crippen LogP contribution in [0, 0.1) is 11.8 Å². The Balaban J connectivity index is 2.88. The molecule has 20 heavy (non-hydrogen) atoms. The van der Waals surface area contributed by atoms with Gasteiger partial charge in [-0.05, 0) is 25.0 Å². The van der Waals surface area contributed by atoms with Gasteiger partial charge in [0.05, 0.1) is 11.7 Å². The van der Waals surface area contributed by atoms with Crippen LogP contribution in [0.15, 0.2) is 48.4 Å². The van der Waals surface area contributed by atoms with Gasteiger partial charge in [-0.1, -0.05) is 31.4 Å². The first kappa shape index (κ1) is 16.4. The number of rotatable bonds is 6. The van der Waals surface area contributed by atoms with E-state index >= 15 is 0 Å². The topological polar surface area (TPSA) is 40.5 Å². The van der Waals surface area contributed by atoms with Gasteiger partial charge in [0.1, 0.15) is 0 Å². The van der Waals surface area contributed by atoms with Gasteiger partial charge in [-0.25, -0.2) is 4.39 Å². The van der Waals surface area contributed by atoms with Crippen molar-refractivity contribution in [3.8, 4) is 0 Å². The van der Waals surface area contributed by atoms with E-state index in [9.17, 15) is 14.3 Å². The first-order valence-electron chi connectivity index (χ1n) is 6.62. The van der Waals surface area contributed by atoms with Crippen molar-refractivity contribution in [1.29, 1.82) is 0 Å². The van der Waals surface area contributed by atoms with Crippen LogP contribution in [0.1, 0.15) is 13.8 Å². The van der Waals surface area contributed by atoms with Crippen LogP contribution < -0.4 is 0 Å². The number of aliphatic carboxylic acids is 1. The number of hydrogen-bond donors (Lipinski definition) is 1. The second-order valence-corrected chi connectivity index (χ2v) is 5.14. The highest BCUT2D eigenvalue weighted by Gasteiger charge is 2.39. The summed E-state index contributed by atoms with van der Waals surface area (Å²) in [6.45, 7) is 12.0. The molecule has 3 nitrogen and oxygen atoms in total. The molecular weight excluding hydrogens is 257 g/mol. The summed E-state index contributed by atoms with van der Waals surface area (Å²) in [5.74, 6) is -1.98. The van der Waals surface area contributed by atoms with Gasteiger partial charge in [-0.3, -0.25) is 9.69 Å². The molecule has 0 spiro atoms. The zero-order valence-corrected chi connectivity index (χ0v) is 12.1. The average molecular weight is 279 g/mol. The standard InChI is InChI=1S/C16H22FNO2/c1-5-7-13(6-2)8-18-9-14(11(3)12(4)17)15(10-18)16(19)20/h5-7,14-15H,1-2,8-10H2,3-4H3,(H,19,20)/b12-11-,13-7+/t14-,15?/m0/s1. The molecule has 110 valence electrons. The second kappa shape index (κ2) is 7.20. The van der Waals surface area contributed by atoms with Crippen molar-refractivity contribution in [2.45, 2.75) is 13.8 Å². The van der Waals surface area contributed by atoms with E-state index in [0.29, 0.717) is 25.2 Å². The maximum absolute atomic E-state index is 13.4. The zero-order chi connectivity index (χ0) is 15.3. The van der Waals surface area contributed by atoms with Crippen molar-refractivity contribution in [2.24, 2.45) is 11.8 Å². The van der Waals surface area contributed by atoms with Gasteiger partial charge in [0.25, 0.3) is 0 Å². The number of likely N-dealkylation sites (tertiary alicyclic amines) is 1. The first-order chi connectivity index (χ1) is 9.40. The molecule has 1 saturated heterocycles. The lowest BCUT2D eigenvalue weighted by Crippen LogP contribution is -2.25. The molecule has 0 aromatic rings. The minimum atomic E-state index is -0.869. The summed E-state index contributed by atoms with van der Waals surface area (Å²) in [7, 11) is 0. The summed E-state index contributed by atoms with van der Waals surface area (Å²) in [6, 6.07) is 0. The minimum absolute atomic E-state index is 0.271. The fourth-order valence-electron chi connectivity index (χ4n) is 2.55. The lowest BCUT2D eigenvalue weighted by atomic mass is 9.89. The second-order valence-electron chi connectivity index (χ2n) is 5.14. The zero-order valence-electron chi connectivity index (χ0n) is 12.1. The Kier molecular flexibility index (Phi) is 5.89. The van der Waals surface area contributed by atoms with Crippen molar-refractivity contribution in [3.63, 3.8) is 0 Å². The monoisotopic (exact) mass is 279 g/mol. The smallest absolute Gasteiger partial charge is 0.308 e.